The van der Waals surface area contributed by atoms with Crippen LogP contribution >= 0.6 is 0 Å². The number of esters is 4. The van der Waals surface area contributed by atoms with E-state index >= 15 is 0 Å². The highest BCUT2D eigenvalue weighted by atomic mass is 16.5. The summed E-state index contributed by atoms with van der Waals surface area (Å²) in [5.41, 5.74) is 1.88. The van der Waals surface area contributed by atoms with Gasteiger partial charge in [0.2, 0.25) is 0 Å². The average Bonchev–Trinajstić information content (AvgIpc) is 3.32. The third-order valence-corrected chi connectivity index (χ3v) is 7.04. The average molecular weight is 661 g/mol. The topological polar surface area (TPSA) is 124 Å². The second-order valence-electron chi connectivity index (χ2n) is 11.4. The van der Waals surface area contributed by atoms with Crippen LogP contribution < -0.4 is 4.74 Å². The molecule has 0 bridgehead atoms. The van der Waals surface area contributed by atoms with Crippen molar-refractivity contribution in [3.8, 4) is 5.75 Å². The molecule has 0 heterocycles. The quantitative estimate of drug-likeness (QED) is 0.0527. The van der Waals surface area contributed by atoms with Crippen molar-refractivity contribution in [2.45, 2.75) is 58.8 Å². The zero-order chi connectivity index (χ0) is 34.7. The molecule has 0 amide bonds. The van der Waals surface area contributed by atoms with Crippen LogP contribution in [0.2, 0.25) is 0 Å². The molecule has 2 aliphatic rings. The minimum atomic E-state index is -0.519. The minimum absolute atomic E-state index is 0.179. The molecule has 2 aliphatic carbocycles. The van der Waals surface area contributed by atoms with Crippen molar-refractivity contribution in [2.24, 2.45) is 5.92 Å². The van der Waals surface area contributed by atoms with Crippen molar-refractivity contribution in [1.29, 1.82) is 0 Å². The van der Waals surface area contributed by atoms with Crippen LogP contribution in [0.1, 0.15) is 69.2 Å². The Kier molecular flexibility index (Phi) is 15.7. The van der Waals surface area contributed by atoms with Crippen molar-refractivity contribution in [3.63, 3.8) is 0 Å². The number of allylic oxidation sites excluding steroid dienone is 6. The molecule has 1 unspecified atom stereocenters. The van der Waals surface area contributed by atoms with Gasteiger partial charge in [-0.25, -0.2) is 19.2 Å². The lowest BCUT2D eigenvalue weighted by molar-refractivity contribution is -0.139. The van der Waals surface area contributed by atoms with Crippen LogP contribution in [0.5, 0.6) is 5.75 Å². The van der Waals surface area contributed by atoms with Crippen molar-refractivity contribution in [1.82, 2.24) is 0 Å². The molecule has 0 radical (unpaired) electrons. The first-order valence-electron chi connectivity index (χ1n) is 16.0. The van der Waals surface area contributed by atoms with E-state index in [1.807, 2.05) is 13.0 Å². The summed E-state index contributed by atoms with van der Waals surface area (Å²) >= 11 is 0. The summed E-state index contributed by atoms with van der Waals surface area (Å²) in [5, 5.41) is 0. The highest BCUT2D eigenvalue weighted by molar-refractivity contribution is 5.92. The molecule has 0 aromatic heterocycles. The maximum atomic E-state index is 13.0. The Bertz CT molecular complexity index is 1470. The van der Waals surface area contributed by atoms with Gasteiger partial charge >= 0.3 is 23.9 Å². The molecular formula is C38H44O10. The first-order chi connectivity index (χ1) is 23.1. The SMILES string of the molecule is C=CC(=O)OCCCCOC1=CCC=C(C(=O)OC2=C/C(=C\OC(=O)c3ccc(OCCCCOC(=O)C(=C)C)cc3)CC(C)C2)C=C1. The van der Waals surface area contributed by atoms with Gasteiger partial charge in [0.05, 0.1) is 43.8 Å². The lowest BCUT2D eigenvalue weighted by atomic mass is 9.92. The highest BCUT2D eigenvalue weighted by Crippen LogP contribution is 2.29. The van der Waals surface area contributed by atoms with Crippen LogP contribution in [0.3, 0.4) is 0 Å². The van der Waals surface area contributed by atoms with E-state index in [2.05, 4.69) is 13.2 Å². The summed E-state index contributed by atoms with van der Waals surface area (Å²) in [6, 6.07) is 6.64. The number of ether oxygens (including phenoxy) is 6. The maximum Gasteiger partial charge on any atom is 0.342 e. The Labute approximate surface area is 282 Å². The Morgan fingerprint density at radius 1 is 0.854 bits per heavy atom. The van der Waals surface area contributed by atoms with Crippen LogP contribution in [-0.4, -0.2) is 50.3 Å². The Morgan fingerprint density at radius 2 is 1.54 bits per heavy atom. The van der Waals surface area contributed by atoms with Crippen LogP contribution in [0.15, 0.2) is 108 Å². The molecule has 3 rings (SSSR count). The van der Waals surface area contributed by atoms with E-state index in [4.69, 9.17) is 28.4 Å². The minimum Gasteiger partial charge on any atom is -0.494 e. The van der Waals surface area contributed by atoms with Gasteiger partial charge in [-0.15, -0.1) is 0 Å². The number of rotatable bonds is 18. The van der Waals surface area contributed by atoms with E-state index in [0.29, 0.717) is 105 Å². The normalized spacial score (nSPS) is 16.3. The Balaban J connectivity index is 1.43. The van der Waals surface area contributed by atoms with Gasteiger partial charge in [0, 0.05) is 18.1 Å². The van der Waals surface area contributed by atoms with Crippen LogP contribution in [-0.2, 0) is 38.1 Å². The monoisotopic (exact) mass is 660 g/mol. The van der Waals surface area contributed by atoms with Gasteiger partial charge in [0.1, 0.15) is 17.3 Å². The molecule has 0 spiro atoms. The lowest BCUT2D eigenvalue weighted by Crippen LogP contribution is -2.13. The molecule has 1 aromatic carbocycles. The summed E-state index contributed by atoms with van der Waals surface area (Å²) in [5.74, 6) is 0.0919. The predicted molar refractivity (Wildman–Crippen MR) is 179 cm³/mol. The van der Waals surface area contributed by atoms with Crippen molar-refractivity contribution in [3.05, 3.63) is 114 Å². The first kappa shape index (κ1) is 37.3. The maximum absolute atomic E-state index is 13.0. The second-order valence-corrected chi connectivity index (χ2v) is 11.4. The van der Waals surface area contributed by atoms with Crippen molar-refractivity contribution >= 4 is 23.9 Å². The molecule has 0 saturated heterocycles. The van der Waals surface area contributed by atoms with E-state index in [-0.39, 0.29) is 5.92 Å². The molecule has 0 saturated carbocycles. The van der Waals surface area contributed by atoms with Crippen LogP contribution in [0.4, 0.5) is 0 Å². The van der Waals surface area contributed by atoms with Crippen LogP contribution in [0, 0.1) is 5.92 Å². The highest BCUT2D eigenvalue weighted by Gasteiger charge is 2.20. The number of hydrogen-bond donors (Lipinski definition) is 0. The Hall–Kier alpha value is -5.12. The number of carbonyl (C=O) groups excluding carboxylic acids is 4. The van der Waals surface area contributed by atoms with E-state index in [1.54, 1.807) is 55.5 Å². The molecule has 256 valence electrons. The van der Waals surface area contributed by atoms with E-state index in [1.165, 1.54) is 6.26 Å². The molecule has 10 nitrogen and oxygen atoms in total. The summed E-state index contributed by atoms with van der Waals surface area (Å²) in [7, 11) is 0. The largest absolute Gasteiger partial charge is 0.494 e. The van der Waals surface area contributed by atoms with Gasteiger partial charge in [-0.3, -0.25) is 0 Å². The standard InChI is InChI=1S/C38H44O10/c1-5-35(39)45-21-8-6-19-43-32-12-10-11-30(13-16-32)38(42)48-34-24-28(4)23-29(25-34)26-47-37(41)31-14-17-33(18-15-31)44-20-7-9-22-46-36(40)27(2)3/h5,11-18,25-26,28H,1-2,6-10,19-24H2,3-4H3/b29-26-. The number of hydrogen-bond acceptors (Lipinski definition) is 10. The van der Waals surface area contributed by atoms with Gasteiger partial charge in [0.25, 0.3) is 0 Å². The second kappa shape index (κ2) is 20.2. The molecule has 0 aliphatic heterocycles. The smallest absolute Gasteiger partial charge is 0.342 e. The van der Waals surface area contributed by atoms with E-state index in [9.17, 15) is 19.2 Å². The fraction of sp³-hybridized carbons (Fsp3) is 0.368. The Morgan fingerprint density at radius 3 is 2.25 bits per heavy atom. The summed E-state index contributed by atoms with van der Waals surface area (Å²) in [4.78, 5) is 48.1. The zero-order valence-electron chi connectivity index (χ0n) is 27.7. The van der Waals surface area contributed by atoms with Gasteiger partial charge in [0.15, 0.2) is 0 Å². The summed E-state index contributed by atoms with van der Waals surface area (Å²) < 4.78 is 32.6. The third-order valence-electron chi connectivity index (χ3n) is 7.04. The van der Waals surface area contributed by atoms with Gasteiger partial charge < -0.3 is 28.4 Å². The van der Waals surface area contributed by atoms with Crippen molar-refractivity contribution in [2.75, 3.05) is 26.4 Å². The molecule has 0 fully saturated rings. The number of unbranched alkanes of at least 4 members (excludes halogenated alkanes) is 2. The van der Waals surface area contributed by atoms with Gasteiger partial charge in [-0.05, 0) is 106 Å². The molecule has 1 atom stereocenters. The fourth-order valence-corrected chi connectivity index (χ4v) is 4.53. The lowest BCUT2D eigenvalue weighted by Gasteiger charge is -2.20. The molecule has 1 aromatic rings. The molecule has 0 N–H and O–H groups in total. The molecule has 10 heteroatoms. The first-order valence-corrected chi connectivity index (χ1v) is 16.0. The molecular weight excluding hydrogens is 616 g/mol. The van der Waals surface area contributed by atoms with Crippen LogP contribution in [0.25, 0.3) is 0 Å². The van der Waals surface area contributed by atoms with Gasteiger partial charge in [-0.1, -0.05) is 26.2 Å². The third kappa shape index (κ3) is 13.7. The zero-order valence-corrected chi connectivity index (χ0v) is 27.7. The summed E-state index contributed by atoms with van der Waals surface area (Å²) in [6.45, 7) is 12.0. The number of carbonyl (C=O) groups is 4. The van der Waals surface area contributed by atoms with E-state index in [0.717, 1.165) is 11.6 Å². The molecule has 48 heavy (non-hydrogen) atoms. The fourth-order valence-electron chi connectivity index (χ4n) is 4.53. The van der Waals surface area contributed by atoms with Crippen molar-refractivity contribution < 1.29 is 47.6 Å². The summed E-state index contributed by atoms with van der Waals surface area (Å²) in [6.07, 6.45) is 15.8. The number of benzene rings is 1. The van der Waals surface area contributed by atoms with E-state index < -0.39 is 23.9 Å². The van der Waals surface area contributed by atoms with Gasteiger partial charge in [-0.2, -0.15) is 0 Å². The predicted octanol–water partition coefficient (Wildman–Crippen LogP) is 7.16.